The molecule has 0 bridgehead atoms. The van der Waals surface area contributed by atoms with Gasteiger partial charge in [0.15, 0.2) is 24.4 Å². The highest BCUT2D eigenvalue weighted by Gasteiger charge is 2.39. The molecule has 1 saturated carbocycles. The van der Waals surface area contributed by atoms with E-state index in [1.165, 1.54) is 14.6 Å². The number of pyridine rings is 1. The van der Waals surface area contributed by atoms with E-state index < -0.39 is 29.8 Å². The lowest BCUT2D eigenvalue weighted by atomic mass is 9.94. The average Bonchev–Trinajstić information content (AvgIpc) is 2.89. The van der Waals surface area contributed by atoms with E-state index in [-0.39, 0.29) is 18.5 Å². The molecule has 10 nitrogen and oxygen atoms in total. The number of aromatic nitrogens is 1. The molecule has 6 N–H and O–H groups in total. The second-order valence-corrected chi connectivity index (χ2v) is 9.07. The van der Waals surface area contributed by atoms with Crippen molar-refractivity contribution in [3.05, 3.63) is 66.5 Å². The summed E-state index contributed by atoms with van der Waals surface area (Å²) in [4.78, 5) is 40.8. The van der Waals surface area contributed by atoms with Crippen LogP contribution in [0.1, 0.15) is 44.6 Å². The molecule has 1 heterocycles. The molecule has 0 aliphatic heterocycles. The van der Waals surface area contributed by atoms with Gasteiger partial charge in [-0.05, 0) is 31.7 Å². The van der Waals surface area contributed by atoms with Crippen LogP contribution in [0, 0.1) is 5.41 Å². The molecule has 2 aromatic rings. The highest BCUT2D eigenvalue weighted by atomic mass is 16.2. The summed E-state index contributed by atoms with van der Waals surface area (Å²) in [6, 6.07) is 12.7. The van der Waals surface area contributed by atoms with Gasteiger partial charge in [0.2, 0.25) is 5.91 Å². The second-order valence-electron chi connectivity index (χ2n) is 9.07. The van der Waals surface area contributed by atoms with Gasteiger partial charge in [-0.2, -0.15) is 0 Å². The number of carbonyl (C=O) groups is 3. The zero-order valence-electron chi connectivity index (χ0n) is 20.7. The summed E-state index contributed by atoms with van der Waals surface area (Å²) < 4.78 is 1.50. The molecular weight excluding hydrogens is 458 g/mol. The van der Waals surface area contributed by atoms with Gasteiger partial charge in [-0.25, -0.2) is 0 Å². The second kappa shape index (κ2) is 12.8. The van der Waals surface area contributed by atoms with E-state index in [1.54, 1.807) is 37.5 Å². The SMILES string of the molecule is C[C@@H](C(=O)N(C(=N)N)C1CCCCC1)N(C(=O)CNC(=O)[C@@H](N)Cc1ccccc1)[n+]1ccccc1. The molecule has 2 atom stereocenters. The fourth-order valence-corrected chi connectivity index (χ4v) is 4.55. The first-order valence-electron chi connectivity index (χ1n) is 12.3. The van der Waals surface area contributed by atoms with Gasteiger partial charge >= 0.3 is 0 Å². The number of amides is 3. The summed E-state index contributed by atoms with van der Waals surface area (Å²) >= 11 is 0. The zero-order valence-corrected chi connectivity index (χ0v) is 20.7. The van der Waals surface area contributed by atoms with Gasteiger partial charge in [-0.15, -0.1) is 0 Å². The standard InChI is InChI=1S/C26H35N7O3/c1-19(25(36)32(26(28)29)21-13-7-3-8-14-21)33(31-15-9-4-10-16-31)23(34)18-30-24(35)22(27)17-20-11-5-2-6-12-20/h2,4-6,9-12,15-16,19,21-22H,3,7-8,13-14,17-18,27H2,1H3,(H3-,28,29,30,35)/p+1/t19-,22-/m0/s1. The Morgan fingerprint density at radius 1 is 1.06 bits per heavy atom. The van der Waals surface area contributed by atoms with E-state index in [0.29, 0.717) is 6.42 Å². The maximum atomic E-state index is 13.5. The van der Waals surface area contributed by atoms with Crippen LogP contribution < -0.4 is 26.5 Å². The van der Waals surface area contributed by atoms with E-state index in [9.17, 15) is 14.4 Å². The Morgan fingerprint density at radius 2 is 1.67 bits per heavy atom. The number of hydrogen-bond donors (Lipinski definition) is 4. The lowest BCUT2D eigenvalue weighted by molar-refractivity contribution is -0.685. The monoisotopic (exact) mass is 494 g/mol. The topological polar surface area (TPSA) is 149 Å². The molecule has 0 unspecified atom stereocenters. The van der Waals surface area contributed by atoms with Crippen molar-refractivity contribution in [1.82, 2.24) is 10.2 Å². The van der Waals surface area contributed by atoms with Crippen molar-refractivity contribution >= 4 is 23.7 Å². The van der Waals surface area contributed by atoms with Gasteiger partial charge in [0.05, 0.1) is 6.04 Å². The molecule has 3 rings (SSSR count). The third-order valence-corrected chi connectivity index (χ3v) is 6.41. The molecule has 36 heavy (non-hydrogen) atoms. The summed E-state index contributed by atoms with van der Waals surface area (Å²) in [5.74, 6) is -1.73. The van der Waals surface area contributed by atoms with Gasteiger partial charge in [-0.3, -0.25) is 24.7 Å². The van der Waals surface area contributed by atoms with E-state index in [2.05, 4.69) is 5.32 Å². The Morgan fingerprint density at radius 3 is 2.28 bits per heavy atom. The first-order chi connectivity index (χ1) is 17.3. The maximum Gasteiger partial charge on any atom is 0.297 e. The van der Waals surface area contributed by atoms with Gasteiger partial charge in [0.1, 0.15) is 6.54 Å². The normalized spacial score (nSPS) is 15.4. The number of hydrogen-bond acceptors (Lipinski definition) is 5. The number of carbonyl (C=O) groups excluding carboxylic acids is 3. The number of rotatable bonds is 9. The van der Waals surface area contributed by atoms with Crippen LogP contribution in [-0.4, -0.2) is 53.3 Å². The molecule has 1 aromatic heterocycles. The average molecular weight is 495 g/mol. The van der Waals surface area contributed by atoms with E-state index in [1.807, 2.05) is 30.3 Å². The minimum atomic E-state index is -0.967. The summed E-state index contributed by atoms with van der Waals surface area (Å²) in [5.41, 5.74) is 12.8. The lowest BCUT2D eigenvalue weighted by Crippen LogP contribution is -2.70. The van der Waals surface area contributed by atoms with Crippen molar-refractivity contribution in [1.29, 1.82) is 5.41 Å². The number of nitrogens with two attached hydrogens (primary N) is 2. The number of nitrogens with one attached hydrogen (secondary N) is 2. The lowest BCUT2D eigenvalue weighted by Gasteiger charge is -2.35. The van der Waals surface area contributed by atoms with Crippen LogP contribution in [0.4, 0.5) is 0 Å². The maximum absolute atomic E-state index is 13.5. The quantitative estimate of drug-likeness (QED) is 0.228. The Kier molecular flexibility index (Phi) is 9.52. The Hall–Kier alpha value is -3.79. The van der Waals surface area contributed by atoms with Gasteiger partial charge in [0, 0.05) is 18.2 Å². The van der Waals surface area contributed by atoms with Crippen LogP contribution in [0.5, 0.6) is 0 Å². The Balaban J connectivity index is 1.73. The Labute approximate surface area is 211 Å². The van der Waals surface area contributed by atoms with E-state index >= 15 is 0 Å². The number of nitrogens with zero attached hydrogens (tertiary/aromatic N) is 3. The highest BCUT2D eigenvalue weighted by molar-refractivity contribution is 6.02. The number of guanidine groups is 1. The predicted octanol–water partition coefficient (Wildman–Crippen LogP) is 0.568. The van der Waals surface area contributed by atoms with Crippen LogP contribution in [0.15, 0.2) is 60.9 Å². The van der Waals surface area contributed by atoms with Crippen LogP contribution in [-0.2, 0) is 20.8 Å². The fraction of sp³-hybridized carbons (Fsp3) is 0.423. The molecule has 1 fully saturated rings. The van der Waals surface area contributed by atoms with Crippen molar-refractivity contribution in [2.24, 2.45) is 11.5 Å². The molecule has 10 heteroatoms. The molecule has 1 aliphatic carbocycles. The first-order valence-corrected chi connectivity index (χ1v) is 12.3. The van der Waals surface area contributed by atoms with E-state index in [4.69, 9.17) is 16.9 Å². The fourth-order valence-electron chi connectivity index (χ4n) is 4.55. The first kappa shape index (κ1) is 26.8. The molecule has 1 aromatic carbocycles. The summed E-state index contributed by atoms with van der Waals surface area (Å²) in [6.07, 6.45) is 8.15. The van der Waals surface area contributed by atoms with Crippen molar-refractivity contribution in [2.75, 3.05) is 11.6 Å². The van der Waals surface area contributed by atoms with Crippen molar-refractivity contribution < 1.29 is 19.1 Å². The highest BCUT2D eigenvalue weighted by Crippen LogP contribution is 2.23. The molecular formula is C26H36N7O3+. The van der Waals surface area contributed by atoms with E-state index in [0.717, 1.165) is 37.7 Å². The van der Waals surface area contributed by atoms with Gasteiger partial charge < -0.3 is 16.8 Å². The van der Waals surface area contributed by atoms with Crippen LogP contribution >= 0.6 is 0 Å². The molecule has 3 amide bonds. The summed E-state index contributed by atoms with van der Waals surface area (Å²) in [7, 11) is 0. The smallest absolute Gasteiger partial charge is 0.297 e. The molecule has 0 spiro atoms. The minimum Gasteiger partial charge on any atom is -0.370 e. The molecule has 1 aliphatic rings. The predicted molar refractivity (Wildman–Crippen MR) is 136 cm³/mol. The molecule has 192 valence electrons. The van der Waals surface area contributed by atoms with Crippen molar-refractivity contribution in [3.63, 3.8) is 0 Å². The summed E-state index contributed by atoms with van der Waals surface area (Å²) in [6.45, 7) is 1.26. The van der Waals surface area contributed by atoms with Crippen molar-refractivity contribution in [2.45, 2.75) is 63.6 Å². The summed E-state index contributed by atoms with van der Waals surface area (Å²) in [5, 5.41) is 11.9. The molecule has 0 radical (unpaired) electrons. The number of benzene rings is 1. The van der Waals surface area contributed by atoms with Crippen LogP contribution in [0.3, 0.4) is 0 Å². The zero-order chi connectivity index (χ0) is 26.1. The molecule has 0 saturated heterocycles. The Bertz CT molecular complexity index is 1040. The van der Waals surface area contributed by atoms with Gasteiger partial charge in [0.25, 0.3) is 11.8 Å². The third-order valence-electron chi connectivity index (χ3n) is 6.41. The van der Waals surface area contributed by atoms with Crippen molar-refractivity contribution in [3.8, 4) is 0 Å². The van der Waals surface area contributed by atoms with Crippen LogP contribution in [0.25, 0.3) is 0 Å². The third kappa shape index (κ3) is 6.88. The van der Waals surface area contributed by atoms with Crippen LogP contribution in [0.2, 0.25) is 0 Å². The van der Waals surface area contributed by atoms with Gasteiger partial charge in [-0.1, -0.05) is 65.3 Å². The largest absolute Gasteiger partial charge is 0.370 e. The minimum absolute atomic E-state index is 0.167.